The summed E-state index contributed by atoms with van der Waals surface area (Å²) in [6.45, 7) is 0.310. The number of hydrogen-bond donors (Lipinski definition) is 0. The van der Waals surface area contributed by atoms with Gasteiger partial charge in [-0.15, -0.1) is 0 Å². The Balaban J connectivity index is 1.51. The topological polar surface area (TPSA) is 42.4 Å². The SMILES string of the molecule is O=C(c1cccc(Oc2ccccc2)c1)N(Cc1ccccc1)c1nc2c(F)cccc2s1. The number of carbonyl (C=O) groups excluding carboxylic acids is 1. The standard InChI is InChI=1S/C27H19FN2O2S/c28-23-15-8-16-24-25(23)29-27(33-24)30(18-19-9-3-1-4-10-19)26(31)20-11-7-14-22(17-20)32-21-12-5-2-6-13-21/h1-17H,18H2. The van der Waals surface area contributed by atoms with Crippen molar-refractivity contribution in [1.29, 1.82) is 0 Å². The van der Waals surface area contributed by atoms with Gasteiger partial charge >= 0.3 is 0 Å². The van der Waals surface area contributed by atoms with Crippen LogP contribution in [0.15, 0.2) is 103 Å². The number of anilines is 1. The average molecular weight is 455 g/mol. The number of benzene rings is 4. The maximum atomic E-state index is 14.3. The molecule has 0 N–H and O–H groups in total. The second kappa shape index (κ2) is 9.22. The third kappa shape index (κ3) is 4.61. The number of halogens is 1. The van der Waals surface area contributed by atoms with Crippen molar-refractivity contribution in [2.24, 2.45) is 0 Å². The summed E-state index contributed by atoms with van der Waals surface area (Å²) in [4.78, 5) is 19.7. The van der Waals surface area contributed by atoms with Gasteiger partial charge in [-0.2, -0.15) is 0 Å². The van der Waals surface area contributed by atoms with Crippen LogP contribution in [-0.2, 0) is 6.54 Å². The number of amides is 1. The van der Waals surface area contributed by atoms with E-state index in [1.165, 1.54) is 17.4 Å². The quantitative estimate of drug-likeness (QED) is 0.275. The summed E-state index contributed by atoms with van der Waals surface area (Å²) in [7, 11) is 0. The third-order valence-corrected chi connectivity index (χ3v) is 6.12. The van der Waals surface area contributed by atoms with E-state index < -0.39 is 5.82 Å². The Morgan fingerprint density at radius 2 is 1.55 bits per heavy atom. The van der Waals surface area contributed by atoms with E-state index in [4.69, 9.17) is 4.74 Å². The molecule has 0 saturated carbocycles. The molecule has 4 aromatic carbocycles. The van der Waals surface area contributed by atoms with Gasteiger partial charge in [0.25, 0.3) is 5.91 Å². The van der Waals surface area contributed by atoms with E-state index in [2.05, 4.69) is 4.98 Å². The summed E-state index contributed by atoms with van der Waals surface area (Å²) >= 11 is 1.29. The largest absolute Gasteiger partial charge is 0.457 e. The molecule has 0 fully saturated rings. The smallest absolute Gasteiger partial charge is 0.260 e. The van der Waals surface area contributed by atoms with Crippen LogP contribution in [0.25, 0.3) is 10.2 Å². The Morgan fingerprint density at radius 3 is 2.30 bits per heavy atom. The van der Waals surface area contributed by atoms with E-state index >= 15 is 0 Å². The van der Waals surface area contributed by atoms with E-state index in [-0.39, 0.29) is 11.4 Å². The predicted octanol–water partition coefficient (Wildman–Crippen LogP) is 7.07. The van der Waals surface area contributed by atoms with Crippen LogP contribution in [0.5, 0.6) is 11.5 Å². The number of aromatic nitrogens is 1. The molecule has 0 spiro atoms. The molecule has 0 atom stereocenters. The zero-order valence-corrected chi connectivity index (χ0v) is 18.3. The maximum Gasteiger partial charge on any atom is 0.260 e. The highest BCUT2D eigenvalue weighted by Crippen LogP contribution is 2.32. The van der Waals surface area contributed by atoms with Crippen molar-refractivity contribution in [2.75, 3.05) is 4.90 Å². The molecule has 0 bridgehead atoms. The van der Waals surface area contributed by atoms with E-state index in [0.29, 0.717) is 33.4 Å². The molecular weight excluding hydrogens is 435 g/mol. The number of rotatable bonds is 6. The highest BCUT2D eigenvalue weighted by atomic mass is 32.1. The molecule has 0 unspecified atom stereocenters. The van der Waals surface area contributed by atoms with Gasteiger partial charge in [0.05, 0.1) is 11.2 Å². The zero-order chi connectivity index (χ0) is 22.6. The summed E-state index contributed by atoms with van der Waals surface area (Å²) in [5, 5.41) is 0.443. The lowest BCUT2D eigenvalue weighted by Crippen LogP contribution is -2.30. The first kappa shape index (κ1) is 20.8. The minimum atomic E-state index is -0.402. The summed E-state index contributed by atoms with van der Waals surface area (Å²) in [5.41, 5.74) is 1.67. The van der Waals surface area contributed by atoms with Gasteiger partial charge in [0, 0.05) is 5.56 Å². The number of hydrogen-bond acceptors (Lipinski definition) is 4. The Hall–Kier alpha value is -4.03. The molecule has 6 heteroatoms. The van der Waals surface area contributed by atoms with E-state index in [1.54, 1.807) is 41.3 Å². The lowest BCUT2D eigenvalue weighted by atomic mass is 10.1. The van der Waals surface area contributed by atoms with Crippen molar-refractivity contribution in [1.82, 2.24) is 4.98 Å². The molecule has 0 aliphatic heterocycles. The van der Waals surface area contributed by atoms with E-state index in [9.17, 15) is 9.18 Å². The summed E-state index contributed by atoms with van der Waals surface area (Å²) in [6.07, 6.45) is 0. The van der Waals surface area contributed by atoms with E-state index in [1.807, 2.05) is 60.7 Å². The number of thiazole rings is 1. The fourth-order valence-electron chi connectivity index (χ4n) is 3.48. The van der Waals surface area contributed by atoms with Crippen LogP contribution in [0.1, 0.15) is 15.9 Å². The van der Waals surface area contributed by atoms with Crippen LogP contribution < -0.4 is 9.64 Å². The normalized spacial score (nSPS) is 10.8. The Kier molecular flexibility index (Phi) is 5.83. The van der Waals surface area contributed by atoms with Gasteiger partial charge in [0.2, 0.25) is 0 Å². The first-order valence-corrected chi connectivity index (χ1v) is 11.2. The number of nitrogens with zero attached hydrogens (tertiary/aromatic N) is 2. The predicted molar refractivity (Wildman–Crippen MR) is 129 cm³/mol. The van der Waals surface area contributed by atoms with Crippen LogP contribution in [0.4, 0.5) is 9.52 Å². The summed E-state index contributed by atoms with van der Waals surface area (Å²) in [5.74, 6) is 0.601. The van der Waals surface area contributed by atoms with Crippen molar-refractivity contribution in [3.05, 3.63) is 120 Å². The van der Waals surface area contributed by atoms with Gasteiger partial charge in [-0.05, 0) is 48.0 Å². The van der Waals surface area contributed by atoms with Crippen molar-refractivity contribution in [3.63, 3.8) is 0 Å². The number of para-hydroxylation sites is 2. The molecule has 33 heavy (non-hydrogen) atoms. The molecule has 0 radical (unpaired) electrons. The van der Waals surface area contributed by atoms with Gasteiger partial charge in [-0.25, -0.2) is 9.37 Å². The molecule has 4 nitrogen and oxygen atoms in total. The van der Waals surface area contributed by atoms with Crippen molar-refractivity contribution >= 4 is 32.6 Å². The van der Waals surface area contributed by atoms with Crippen LogP contribution in [0.3, 0.4) is 0 Å². The van der Waals surface area contributed by atoms with Crippen LogP contribution in [-0.4, -0.2) is 10.9 Å². The van der Waals surface area contributed by atoms with Gasteiger partial charge in [-0.1, -0.05) is 72.0 Å². The minimum Gasteiger partial charge on any atom is -0.457 e. The lowest BCUT2D eigenvalue weighted by Gasteiger charge is -2.20. The minimum absolute atomic E-state index is 0.239. The Labute approximate surface area is 194 Å². The van der Waals surface area contributed by atoms with E-state index in [0.717, 1.165) is 5.56 Å². The first-order chi connectivity index (χ1) is 16.2. The maximum absolute atomic E-state index is 14.3. The molecule has 1 heterocycles. The monoisotopic (exact) mass is 454 g/mol. The van der Waals surface area contributed by atoms with Crippen molar-refractivity contribution < 1.29 is 13.9 Å². The highest BCUT2D eigenvalue weighted by molar-refractivity contribution is 7.22. The van der Waals surface area contributed by atoms with Crippen molar-refractivity contribution in [2.45, 2.75) is 6.54 Å². The molecule has 0 saturated heterocycles. The highest BCUT2D eigenvalue weighted by Gasteiger charge is 2.23. The molecule has 162 valence electrons. The summed E-state index contributed by atoms with van der Waals surface area (Å²) < 4.78 is 20.9. The fraction of sp³-hybridized carbons (Fsp3) is 0.0370. The molecule has 0 aliphatic carbocycles. The third-order valence-electron chi connectivity index (χ3n) is 5.08. The average Bonchev–Trinajstić information content (AvgIpc) is 3.29. The fourth-order valence-corrected chi connectivity index (χ4v) is 4.46. The molecule has 1 amide bonds. The number of ether oxygens (including phenoxy) is 1. The molecule has 5 rings (SSSR count). The molecule has 0 aliphatic rings. The molecule has 1 aromatic heterocycles. The van der Waals surface area contributed by atoms with Crippen LogP contribution in [0, 0.1) is 5.82 Å². The number of fused-ring (bicyclic) bond motifs is 1. The first-order valence-electron chi connectivity index (χ1n) is 10.4. The van der Waals surface area contributed by atoms with Gasteiger partial charge < -0.3 is 4.74 Å². The Morgan fingerprint density at radius 1 is 0.848 bits per heavy atom. The zero-order valence-electron chi connectivity index (χ0n) is 17.5. The molecular formula is C27H19FN2O2S. The van der Waals surface area contributed by atoms with Crippen molar-refractivity contribution in [3.8, 4) is 11.5 Å². The van der Waals surface area contributed by atoms with Crippen LogP contribution >= 0.6 is 11.3 Å². The molecule has 5 aromatic rings. The van der Waals surface area contributed by atoms with Gasteiger partial charge in [0.1, 0.15) is 22.8 Å². The lowest BCUT2D eigenvalue weighted by molar-refractivity contribution is 0.0985. The second-order valence-electron chi connectivity index (χ2n) is 7.40. The van der Waals surface area contributed by atoms with Gasteiger partial charge in [0.15, 0.2) is 5.13 Å². The number of carbonyl (C=O) groups is 1. The summed E-state index contributed by atoms with van der Waals surface area (Å²) in [6, 6.07) is 30.9. The second-order valence-corrected chi connectivity index (χ2v) is 8.41. The van der Waals surface area contributed by atoms with Gasteiger partial charge in [-0.3, -0.25) is 9.69 Å². The Bertz CT molecular complexity index is 1400. The van der Waals surface area contributed by atoms with Crippen LogP contribution in [0.2, 0.25) is 0 Å².